The fraction of sp³-hybridized carbons (Fsp3) is 0. The van der Waals surface area contributed by atoms with E-state index in [1.807, 2.05) is 6.08 Å². The van der Waals surface area contributed by atoms with E-state index in [-0.39, 0.29) is 11.3 Å². The minimum absolute atomic E-state index is 0.0809. The maximum atomic E-state index is 11.0. The maximum absolute atomic E-state index is 11.0. The first-order chi connectivity index (χ1) is 9.70. The van der Waals surface area contributed by atoms with Gasteiger partial charge in [0.25, 0.3) is 0 Å². The van der Waals surface area contributed by atoms with Crippen LogP contribution >= 0.6 is 0 Å². The monoisotopic (exact) mass is 263 g/mol. The Hall–Kier alpha value is -3.15. The normalized spacial score (nSPS) is 12.5. The molecule has 0 aromatic heterocycles. The van der Waals surface area contributed by atoms with Gasteiger partial charge < -0.3 is 5.11 Å². The summed E-state index contributed by atoms with van der Waals surface area (Å²) in [5.74, 6) is -1.18. The van der Waals surface area contributed by atoms with Crippen LogP contribution in [0.15, 0.2) is 70.4 Å². The number of allylic oxidation sites excluding steroid dienone is 5. The van der Waals surface area contributed by atoms with E-state index >= 15 is 0 Å². The molecule has 96 valence electrons. The number of rotatable bonds is 5. The highest BCUT2D eigenvalue weighted by Crippen LogP contribution is 2.21. The average Bonchev–Trinajstić information content (AvgIpc) is 2.96. The lowest BCUT2D eigenvalue weighted by molar-refractivity contribution is 0.0698. The highest BCUT2D eigenvalue weighted by atomic mass is 16.4. The molecule has 1 aromatic carbocycles. The second kappa shape index (κ2) is 6.14. The summed E-state index contributed by atoms with van der Waals surface area (Å²) in [4.78, 5) is 21.5. The van der Waals surface area contributed by atoms with Crippen LogP contribution in [-0.2, 0) is 0 Å². The Balaban J connectivity index is 2.15. The number of carbonyl (C=O) groups is 1. The molecule has 0 heterocycles. The van der Waals surface area contributed by atoms with Crippen LogP contribution in [0.4, 0.5) is 5.69 Å². The largest absolute Gasteiger partial charge is 0.478 e. The molecule has 0 saturated carbocycles. The zero-order valence-electron chi connectivity index (χ0n) is 10.3. The van der Waals surface area contributed by atoms with Gasteiger partial charge in [0, 0.05) is 11.6 Å². The van der Waals surface area contributed by atoms with Gasteiger partial charge in [-0.3, -0.25) is 0 Å². The van der Waals surface area contributed by atoms with Crippen LogP contribution in [0.1, 0.15) is 15.9 Å². The topological polar surface area (TPSA) is 66.7 Å². The van der Waals surface area contributed by atoms with Crippen LogP contribution in [-0.4, -0.2) is 11.1 Å². The number of hydrogen-bond donors (Lipinski definition) is 1. The molecule has 20 heavy (non-hydrogen) atoms. The molecule has 0 bridgehead atoms. The molecular weight excluding hydrogens is 254 g/mol. The van der Waals surface area contributed by atoms with Crippen LogP contribution < -0.4 is 0 Å². The van der Waals surface area contributed by atoms with E-state index in [9.17, 15) is 9.70 Å². The highest BCUT2D eigenvalue weighted by Gasteiger charge is 2.10. The molecule has 4 nitrogen and oxygen atoms in total. The zero-order chi connectivity index (χ0) is 14.4. The molecule has 4 heteroatoms. The molecule has 0 saturated heterocycles. The summed E-state index contributed by atoms with van der Waals surface area (Å²) in [6.07, 6.45) is 8.85. The number of nitrogens with zero attached hydrogens (tertiary/aromatic N) is 1. The second-order valence-corrected chi connectivity index (χ2v) is 3.89. The van der Waals surface area contributed by atoms with E-state index in [1.54, 1.807) is 30.4 Å². The molecule has 0 fully saturated rings. The molecule has 0 aliphatic heterocycles. The smallest absolute Gasteiger partial charge is 0.338 e. The number of benzene rings is 1. The van der Waals surface area contributed by atoms with Crippen molar-refractivity contribution >= 4 is 17.7 Å². The van der Waals surface area contributed by atoms with Crippen LogP contribution in [0.3, 0.4) is 0 Å². The summed E-state index contributed by atoms with van der Waals surface area (Å²) < 4.78 is 0. The Kier molecular flexibility index (Phi) is 4.08. The highest BCUT2D eigenvalue weighted by molar-refractivity contribution is 5.94. The molecule has 1 aliphatic carbocycles. The van der Waals surface area contributed by atoms with Crippen molar-refractivity contribution in [3.8, 4) is 0 Å². The SMILES string of the molecule is O=Nc1ccc(/C=C/C=C/C2=C=C=C=C2)cc1C(=O)O. The predicted octanol–water partition coefficient (Wildman–Crippen LogP) is 3.76. The molecule has 0 spiro atoms. The molecule has 1 aromatic rings. The lowest BCUT2D eigenvalue weighted by atomic mass is 10.1. The Labute approximate surface area is 115 Å². The van der Waals surface area contributed by atoms with Gasteiger partial charge in [-0.05, 0) is 34.7 Å². The average molecular weight is 263 g/mol. The number of nitroso groups, excluding NO2 is 1. The van der Waals surface area contributed by atoms with Gasteiger partial charge in [0.05, 0.1) is 5.56 Å². The van der Waals surface area contributed by atoms with Gasteiger partial charge in [-0.25, -0.2) is 4.79 Å². The van der Waals surface area contributed by atoms with E-state index < -0.39 is 5.97 Å². The van der Waals surface area contributed by atoms with E-state index in [2.05, 4.69) is 22.4 Å². The molecule has 0 radical (unpaired) electrons. The van der Waals surface area contributed by atoms with E-state index in [0.29, 0.717) is 5.56 Å². The zero-order valence-corrected chi connectivity index (χ0v) is 10.3. The van der Waals surface area contributed by atoms with Crippen LogP contribution in [0.25, 0.3) is 6.08 Å². The van der Waals surface area contributed by atoms with Gasteiger partial charge in [0.15, 0.2) is 0 Å². The predicted molar refractivity (Wildman–Crippen MR) is 75.7 cm³/mol. The fourth-order valence-corrected chi connectivity index (χ4v) is 1.58. The minimum atomic E-state index is -1.18. The van der Waals surface area contributed by atoms with Gasteiger partial charge >= 0.3 is 5.97 Å². The first-order valence-corrected chi connectivity index (χ1v) is 5.73. The van der Waals surface area contributed by atoms with E-state index in [0.717, 1.165) is 5.57 Å². The van der Waals surface area contributed by atoms with Gasteiger partial charge in [0.2, 0.25) is 0 Å². The maximum Gasteiger partial charge on any atom is 0.338 e. The summed E-state index contributed by atoms with van der Waals surface area (Å²) in [5.41, 5.74) is 9.64. The Bertz CT molecular complexity index is 765. The van der Waals surface area contributed by atoms with Crippen molar-refractivity contribution in [2.75, 3.05) is 0 Å². The summed E-state index contributed by atoms with van der Waals surface area (Å²) in [6.45, 7) is 0. The second-order valence-electron chi connectivity index (χ2n) is 3.89. The number of carboxylic acids is 1. The molecule has 0 amide bonds. The standard InChI is InChI=1S/C16H9NO3/c18-16(19)14-11-13(9-10-15(14)17-20)8-4-3-7-12-5-1-2-6-12/h3-5,7-11H,(H,18,19)/b7-3+,8-4+. The lowest BCUT2D eigenvalue weighted by Gasteiger charge is -1.99. The third-order valence-electron chi connectivity index (χ3n) is 2.53. The van der Waals surface area contributed by atoms with Crippen molar-refractivity contribution in [1.29, 1.82) is 0 Å². The Morgan fingerprint density at radius 1 is 1.25 bits per heavy atom. The summed E-state index contributed by atoms with van der Waals surface area (Å²) in [6, 6.07) is 4.41. The third-order valence-corrected chi connectivity index (χ3v) is 2.53. The molecule has 0 unspecified atom stereocenters. The first kappa shape index (κ1) is 13.3. The van der Waals surface area contributed by atoms with Crippen molar-refractivity contribution in [2.24, 2.45) is 5.18 Å². The third kappa shape index (κ3) is 3.20. The fourth-order valence-electron chi connectivity index (χ4n) is 1.58. The van der Waals surface area contributed by atoms with Crippen molar-refractivity contribution in [3.63, 3.8) is 0 Å². The molecule has 1 N–H and O–H groups in total. The van der Waals surface area contributed by atoms with Crippen molar-refractivity contribution in [3.05, 3.63) is 81.3 Å². The summed E-state index contributed by atoms with van der Waals surface area (Å²) in [7, 11) is 0. The quantitative estimate of drug-likeness (QED) is 0.499. The van der Waals surface area contributed by atoms with Crippen molar-refractivity contribution in [1.82, 2.24) is 0 Å². The van der Waals surface area contributed by atoms with Crippen molar-refractivity contribution < 1.29 is 9.90 Å². The van der Waals surface area contributed by atoms with Gasteiger partial charge in [-0.15, -0.1) is 4.91 Å². The lowest BCUT2D eigenvalue weighted by Crippen LogP contribution is -1.96. The van der Waals surface area contributed by atoms with Crippen LogP contribution in [0.2, 0.25) is 0 Å². The van der Waals surface area contributed by atoms with E-state index in [4.69, 9.17) is 5.11 Å². The van der Waals surface area contributed by atoms with Crippen LogP contribution in [0.5, 0.6) is 0 Å². The van der Waals surface area contributed by atoms with Crippen molar-refractivity contribution in [2.45, 2.75) is 0 Å². The Morgan fingerprint density at radius 2 is 2.05 bits per heavy atom. The summed E-state index contributed by atoms with van der Waals surface area (Å²) in [5, 5.41) is 11.7. The van der Waals surface area contributed by atoms with E-state index in [1.165, 1.54) is 12.1 Å². The molecule has 1 aliphatic rings. The van der Waals surface area contributed by atoms with Gasteiger partial charge in [-0.1, -0.05) is 35.8 Å². The number of aromatic carboxylic acids is 1. The van der Waals surface area contributed by atoms with Gasteiger partial charge in [-0.2, -0.15) is 0 Å². The van der Waals surface area contributed by atoms with Gasteiger partial charge in [0.1, 0.15) is 5.69 Å². The number of hydrogen-bond acceptors (Lipinski definition) is 3. The Morgan fingerprint density at radius 3 is 2.70 bits per heavy atom. The van der Waals surface area contributed by atoms with Crippen LogP contribution in [0, 0.1) is 4.91 Å². The minimum Gasteiger partial charge on any atom is -0.478 e. The number of carboxylic acid groups (broad SMARTS) is 1. The molecule has 0 atom stereocenters. The molecular formula is C16H9NO3. The first-order valence-electron chi connectivity index (χ1n) is 5.73. The molecule has 2 rings (SSSR count). The summed E-state index contributed by atoms with van der Waals surface area (Å²) >= 11 is 0.